The predicted molar refractivity (Wildman–Crippen MR) is 85.5 cm³/mol. The molecule has 2 rings (SSSR count). The molecule has 1 heterocycles. The van der Waals surface area contributed by atoms with E-state index >= 15 is 0 Å². The number of likely N-dealkylation sites (tertiary alicyclic amines) is 1. The van der Waals surface area contributed by atoms with Gasteiger partial charge in [0.2, 0.25) is 0 Å². The molecular formula is C16H25BrN2. The molecule has 0 saturated carbocycles. The Morgan fingerprint density at radius 1 is 1.42 bits per heavy atom. The van der Waals surface area contributed by atoms with E-state index in [9.17, 15) is 0 Å². The van der Waals surface area contributed by atoms with Gasteiger partial charge in [-0.25, -0.2) is 0 Å². The molecule has 2 unspecified atom stereocenters. The first-order valence-electron chi connectivity index (χ1n) is 7.18. The van der Waals surface area contributed by atoms with E-state index < -0.39 is 0 Å². The smallest absolute Gasteiger partial charge is 0.0397 e. The number of aryl methyl sites for hydroxylation is 1. The lowest BCUT2D eigenvalue weighted by atomic mass is 9.93. The molecule has 0 aliphatic carbocycles. The van der Waals surface area contributed by atoms with Crippen LogP contribution in [0, 0.1) is 12.8 Å². The molecule has 1 saturated heterocycles. The van der Waals surface area contributed by atoms with E-state index in [0.717, 1.165) is 6.54 Å². The van der Waals surface area contributed by atoms with Crippen LogP contribution in [0.25, 0.3) is 0 Å². The molecule has 2 nitrogen and oxygen atoms in total. The minimum atomic E-state index is 0.529. The lowest BCUT2D eigenvalue weighted by molar-refractivity contribution is 0.268. The molecule has 2 atom stereocenters. The van der Waals surface area contributed by atoms with Crippen molar-refractivity contribution >= 4 is 15.9 Å². The van der Waals surface area contributed by atoms with Crippen molar-refractivity contribution in [2.45, 2.75) is 39.3 Å². The summed E-state index contributed by atoms with van der Waals surface area (Å²) in [5.74, 6) is 0.700. The van der Waals surface area contributed by atoms with Gasteiger partial charge in [0, 0.05) is 23.1 Å². The Hall–Kier alpha value is -0.380. The maximum atomic E-state index is 3.75. The van der Waals surface area contributed by atoms with Crippen LogP contribution < -0.4 is 5.32 Å². The Morgan fingerprint density at radius 3 is 2.79 bits per heavy atom. The number of hydrogen-bond acceptors (Lipinski definition) is 2. The van der Waals surface area contributed by atoms with E-state index in [-0.39, 0.29) is 0 Å². The van der Waals surface area contributed by atoms with Crippen molar-refractivity contribution in [1.82, 2.24) is 10.2 Å². The fourth-order valence-electron chi connectivity index (χ4n) is 2.99. The Kier molecular flexibility index (Phi) is 5.04. The molecule has 0 spiro atoms. The molecule has 1 aromatic rings. The van der Waals surface area contributed by atoms with Gasteiger partial charge in [0.15, 0.2) is 0 Å². The van der Waals surface area contributed by atoms with Gasteiger partial charge in [-0.2, -0.15) is 0 Å². The predicted octanol–water partition coefficient (Wildman–Crippen LogP) is 3.75. The Morgan fingerprint density at radius 2 is 2.16 bits per heavy atom. The first-order valence-corrected chi connectivity index (χ1v) is 7.98. The van der Waals surface area contributed by atoms with Crippen molar-refractivity contribution in [1.29, 1.82) is 0 Å². The average Bonchev–Trinajstić information content (AvgIpc) is 2.68. The van der Waals surface area contributed by atoms with Crippen molar-refractivity contribution in [3.05, 3.63) is 33.8 Å². The van der Waals surface area contributed by atoms with Gasteiger partial charge < -0.3 is 5.32 Å². The van der Waals surface area contributed by atoms with Gasteiger partial charge in [-0.05, 0) is 50.0 Å². The van der Waals surface area contributed by atoms with Crippen LogP contribution in [0.2, 0.25) is 0 Å². The molecule has 1 aromatic carbocycles. The number of benzene rings is 1. The third-order valence-electron chi connectivity index (χ3n) is 4.04. The topological polar surface area (TPSA) is 15.3 Å². The van der Waals surface area contributed by atoms with E-state index in [4.69, 9.17) is 0 Å². The van der Waals surface area contributed by atoms with Gasteiger partial charge in [-0.15, -0.1) is 0 Å². The average molecular weight is 325 g/mol. The van der Waals surface area contributed by atoms with E-state index in [2.05, 4.69) is 72.2 Å². The molecular weight excluding hydrogens is 300 g/mol. The lowest BCUT2D eigenvalue weighted by Crippen LogP contribution is -2.32. The fraction of sp³-hybridized carbons (Fsp3) is 0.625. The number of nitrogens with zero attached hydrogens (tertiary/aromatic N) is 1. The van der Waals surface area contributed by atoms with Crippen LogP contribution in [0.1, 0.15) is 37.4 Å². The summed E-state index contributed by atoms with van der Waals surface area (Å²) in [5, 5.41) is 3.60. The van der Waals surface area contributed by atoms with Gasteiger partial charge >= 0.3 is 0 Å². The second-order valence-corrected chi connectivity index (χ2v) is 6.92. The first-order chi connectivity index (χ1) is 8.99. The van der Waals surface area contributed by atoms with E-state index in [1.54, 1.807) is 0 Å². The Balaban J connectivity index is 2.18. The molecule has 1 fully saturated rings. The van der Waals surface area contributed by atoms with Gasteiger partial charge in [0.05, 0.1) is 0 Å². The Bertz CT molecular complexity index is 431. The minimum absolute atomic E-state index is 0.529. The van der Waals surface area contributed by atoms with E-state index in [1.807, 2.05) is 0 Å². The third kappa shape index (κ3) is 3.59. The molecule has 0 aromatic heterocycles. The molecule has 3 heteroatoms. The summed E-state index contributed by atoms with van der Waals surface area (Å²) in [7, 11) is 2.24. The number of nitrogens with one attached hydrogen (secondary N) is 1. The van der Waals surface area contributed by atoms with Crippen molar-refractivity contribution < 1.29 is 0 Å². The summed E-state index contributed by atoms with van der Waals surface area (Å²) in [6, 6.07) is 7.83. The molecule has 1 aliphatic heterocycles. The maximum Gasteiger partial charge on any atom is 0.0397 e. The van der Waals surface area contributed by atoms with Crippen LogP contribution >= 0.6 is 15.9 Å². The molecule has 1 N–H and O–H groups in total. The first kappa shape index (κ1) is 15.0. The lowest BCUT2D eigenvalue weighted by Gasteiger charge is -2.27. The second-order valence-electron chi connectivity index (χ2n) is 6.06. The van der Waals surface area contributed by atoms with Crippen molar-refractivity contribution in [3.8, 4) is 0 Å². The highest BCUT2D eigenvalue weighted by Gasteiger charge is 2.33. The maximum absolute atomic E-state index is 3.75. The van der Waals surface area contributed by atoms with Gasteiger partial charge in [0.1, 0.15) is 0 Å². The van der Waals surface area contributed by atoms with Crippen LogP contribution in [0.5, 0.6) is 0 Å². The highest BCUT2D eigenvalue weighted by molar-refractivity contribution is 9.10. The van der Waals surface area contributed by atoms with Crippen LogP contribution in [0.4, 0.5) is 0 Å². The molecule has 106 valence electrons. The second kappa shape index (κ2) is 6.38. The number of halogens is 1. The molecule has 1 aliphatic rings. The zero-order valence-corrected chi connectivity index (χ0v) is 14.0. The SMILES string of the molecule is Cc1ccc(C2C(CNC(C)C)CCN2C)c(Br)c1. The molecule has 0 bridgehead atoms. The highest BCUT2D eigenvalue weighted by Crippen LogP contribution is 2.39. The molecule has 0 radical (unpaired) electrons. The summed E-state index contributed by atoms with van der Waals surface area (Å²) in [4.78, 5) is 2.49. The number of hydrogen-bond donors (Lipinski definition) is 1. The number of rotatable bonds is 4. The summed E-state index contributed by atoms with van der Waals surface area (Å²) in [6.07, 6.45) is 1.28. The standard InChI is InChI=1S/C16H25BrN2/c1-11(2)18-10-13-7-8-19(4)16(13)14-6-5-12(3)9-15(14)17/h5-6,9,11,13,16,18H,7-8,10H2,1-4H3. The quantitative estimate of drug-likeness (QED) is 0.907. The van der Waals surface area contributed by atoms with Gasteiger partial charge in [-0.3, -0.25) is 4.90 Å². The Labute approximate surface area is 125 Å². The van der Waals surface area contributed by atoms with Crippen molar-refractivity contribution in [2.24, 2.45) is 5.92 Å². The summed E-state index contributed by atoms with van der Waals surface area (Å²) in [6.45, 7) is 8.87. The molecule has 19 heavy (non-hydrogen) atoms. The van der Waals surface area contributed by atoms with Crippen molar-refractivity contribution in [3.63, 3.8) is 0 Å². The van der Waals surface area contributed by atoms with Gasteiger partial charge in [-0.1, -0.05) is 41.9 Å². The largest absolute Gasteiger partial charge is 0.314 e. The van der Waals surface area contributed by atoms with Crippen molar-refractivity contribution in [2.75, 3.05) is 20.1 Å². The zero-order chi connectivity index (χ0) is 14.0. The summed E-state index contributed by atoms with van der Waals surface area (Å²) in [5.41, 5.74) is 2.74. The zero-order valence-electron chi connectivity index (χ0n) is 12.4. The monoisotopic (exact) mass is 324 g/mol. The molecule has 0 amide bonds. The van der Waals surface area contributed by atoms with Crippen LogP contribution in [-0.2, 0) is 0 Å². The van der Waals surface area contributed by atoms with E-state index in [0.29, 0.717) is 18.0 Å². The normalized spacial score (nSPS) is 24.3. The third-order valence-corrected chi connectivity index (χ3v) is 4.72. The van der Waals surface area contributed by atoms with Gasteiger partial charge in [0.25, 0.3) is 0 Å². The van der Waals surface area contributed by atoms with E-state index in [1.165, 1.54) is 28.6 Å². The summed E-state index contributed by atoms with van der Waals surface area (Å²) < 4.78 is 1.25. The van der Waals surface area contributed by atoms with Crippen LogP contribution in [0.3, 0.4) is 0 Å². The summed E-state index contributed by atoms with van der Waals surface area (Å²) >= 11 is 3.75. The highest BCUT2D eigenvalue weighted by atomic mass is 79.9. The minimum Gasteiger partial charge on any atom is -0.314 e. The van der Waals surface area contributed by atoms with Crippen LogP contribution in [-0.4, -0.2) is 31.1 Å². The fourth-order valence-corrected chi connectivity index (χ4v) is 3.72. The van der Waals surface area contributed by atoms with Crippen LogP contribution in [0.15, 0.2) is 22.7 Å².